The van der Waals surface area contributed by atoms with Crippen molar-refractivity contribution in [1.29, 1.82) is 0 Å². The normalized spacial score (nSPS) is 15.1. The van der Waals surface area contributed by atoms with Gasteiger partial charge in [0.2, 0.25) is 11.4 Å². The van der Waals surface area contributed by atoms with Gasteiger partial charge in [0.05, 0.1) is 0 Å². The van der Waals surface area contributed by atoms with Gasteiger partial charge in [0, 0.05) is 20.6 Å². The van der Waals surface area contributed by atoms with E-state index < -0.39 is 30.0 Å². The first kappa shape index (κ1) is 15.7. The Labute approximate surface area is 95.9 Å². The number of carbonyl (C=O) groups excluding carboxylic acids is 1. The van der Waals surface area contributed by atoms with E-state index >= 15 is 0 Å². The van der Waals surface area contributed by atoms with Crippen LogP contribution in [0.2, 0.25) is 0 Å². The van der Waals surface area contributed by atoms with Gasteiger partial charge in [0.15, 0.2) is 0 Å². The molecule has 0 saturated carbocycles. The molecule has 0 aromatic heterocycles. The number of halogens is 3. The summed E-state index contributed by atoms with van der Waals surface area (Å²) in [5.74, 6) is -3.18. The van der Waals surface area contributed by atoms with Crippen molar-refractivity contribution < 1.29 is 32.6 Å². The van der Waals surface area contributed by atoms with Crippen LogP contribution in [0.1, 0.15) is 19.8 Å². The number of rotatable bonds is 6. The Bertz CT molecular complexity index is 292. The zero-order valence-electron chi connectivity index (χ0n) is 9.43. The number of aliphatic carboxylic acids is 1. The van der Waals surface area contributed by atoms with Crippen LogP contribution in [0.25, 0.3) is 0 Å². The Morgan fingerprint density at radius 2 is 1.88 bits per heavy atom. The molecule has 1 atom stereocenters. The highest BCUT2D eigenvalue weighted by atomic mass is 19.4. The molecule has 8 heteroatoms. The summed E-state index contributed by atoms with van der Waals surface area (Å²) >= 11 is 0. The number of hydrogen-bond acceptors (Lipinski definition) is 3. The van der Waals surface area contributed by atoms with E-state index in [4.69, 9.17) is 5.11 Å². The zero-order chi connectivity index (χ0) is 13.7. The minimum atomic E-state index is -5.07. The second kappa shape index (κ2) is 5.85. The number of carbonyl (C=O) groups is 2. The average Bonchev–Trinajstić information content (AvgIpc) is 2.13. The topological polar surface area (TPSA) is 75.6 Å². The molecule has 0 radical (unpaired) electrons. The van der Waals surface area contributed by atoms with Gasteiger partial charge in [-0.15, -0.1) is 0 Å². The van der Waals surface area contributed by atoms with Crippen LogP contribution < -0.4 is 5.32 Å². The van der Waals surface area contributed by atoms with Gasteiger partial charge in [0.25, 0.3) is 0 Å². The molecular weight excluding hydrogens is 243 g/mol. The molecule has 0 rings (SSSR count). The van der Waals surface area contributed by atoms with Crippen LogP contribution in [0.4, 0.5) is 13.2 Å². The lowest BCUT2D eigenvalue weighted by Gasteiger charge is -2.32. The van der Waals surface area contributed by atoms with Crippen molar-refractivity contribution in [3.63, 3.8) is 0 Å². The van der Waals surface area contributed by atoms with E-state index in [-0.39, 0.29) is 13.0 Å². The second-order valence-corrected chi connectivity index (χ2v) is 3.49. The standard InChI is InChI=1S/C9H14F3NO4/c1-6(14)13-8(7(15)16,9(10,11)12)4-3-5-17-2/h3-5H2,1-2H3,(H,13,14)(H,15,16). The van der Waals surface area contributed by atoms with E-state index in [0.29, 0.717) is 0 Å². The number of hydrogen-bond donors (Lipinski definition) is 2. The van der Waals surface area contributed by atoms with Gasteiger partial charge in [-0.1, -0.05) is 0 Å². The smallest absolute Gasteiger partial charge is 0.422 e. The monoisotopic (exact) mass is 257 g/mol. The molecule has 5 nitrogen and oxygen atoms in total. The predicted molar refractivity (Wildman–Crippen MR) is 51.3 cm³/mol. The van der Waals surface area contributed by atoms with Gasteiger partial charge < -0.3 is 15.2 Å². The number of amides is 1. The second-order valence-electron chi connectivity index (χ2n) is 3.49. The van der Waals surface area contributed by atoms with Crippen molar-refractivity contribution in [2.75, 3.05) is 13.7 Å². The van der Waals surface area contributed by atoms with Crippen LogP contribution in [-0.4, -0.2) is 42.4 Å². The molecule has 0 fully saturated rings. The highest BCUT2D eigenvalue weighted by Crippen LogP contribution is 2.34. The largest absolute Gasteiger partial charge is 0.479 e. The fourth-order valence-corrected chi connectivity index (χ4v) is 1.34. The average molecular weight is 257 g/mol. The van der Waals surface area contributed by atoms with Crippen molar-refractivity contribution >= 4 is 11.9 Å². The fourth-order valence-electron chi connectivity index (χ4n) is 1.34. The lowest BCUT2D eigenvalue weighted by atomic mass is 9.92. The highest BCUT2D eigenvalue weighted by Gasteiger charge is 2.61. The zero-order valence-corrected chi connectivity index (χ0v) is 9.43. The van der Waals surface area contributed by atoms with Crippen LogP contribution in [0.15, 0.2) is 0 Å². The first-order valence-corrected chi connectivity index (χ1v) is 4.75. The quantitative estimate of drug-likeness (QED) is 0.694. The molecule has 0 aromatic carbocycles. The Kier molecular flexibility index (Phi) is 5.40. The minimum Gasteiger partial charge on any atom is -0.479 e. The molecule has 1 unspecified atom stereocenters. The molecule has 0 aromatic rings. The van der Waals surface area contributed by atoms with E-state index in [0.717, 1.165) is 6.92 Å². The molecular formula is C9H14F3NO4. The molecule has 100 valence electrons. The molecule has 0 heterocycles. The first-order valence-electron chi connectivity index (χ1n) is 4.75. The number of alkyl halides is 3. The summed E-state index contributed by atoms with van der Waals surface area (Å²) < 4.78 is 42.9. The van der Waals surface area contributed by atoms with Gasteiger partial charge in [-0.05, 0) is 12.8 Å². The molecule has 0 aliphatic rings. The van der Waals surface area contributed by atoms with Crippen molar-refractivity contribution in [2.45, 2.75) is 31.5 Å². The third kappa shape index (κ3) is 3.88. The number of carboxylic acid groups (broad SMARTS) is 1. The maximum atomic E-state index is 12.8. The van der Waals surface area contributed by atoms with Crippen molar-refractivity contribution in [3.8, 4) is 0 Å². The maximum Gasteiger partial charge on any atom is 0.422 e. The lowest BCUT2D eigenvalue weighted by molar-refractivity contribution is -0.212. The SMILES string of the molecule is COCCCC(NC(C)=O)(C(=O)O)C(F)(F)F. The van der Waals surface area contributed by atoms with Crippen molar-refractivity contribution in [3.05, 3.63) is 0 Å². The van der Waals surface area contributed by atoms with E-state index in [2.05, 4.69) is 4.74 Å². The van der Waals surface area contributed by atoms with Crippen LogP contribution in [0.3, 0.4) is 0 Å². The van der Waals surface area contributed by atoms with E-state index in [1.165, 1.54) is 12.4 Å². The maximum absolute atomic E-state index is 12.8. The van der Waals surface area contributed by atoms with E-state index in [1.807, 2.05) is 0 Å². The number of nitrogens with one attached hydrogen (secondary N) is 1. The molecule has 0 aliphatic heterocycles. The summed E-state index contributed by atoms with van der Waals surface area (Å²) in [6, 6.07) is 0. The van der Waals surface area contributed by atoms with Crippen LogP contribution in [0.5, 0.6) is 0 Å². The summed E-state index contributed by atoms with van der Waals surface area (Å²) in [6.45, 7) is 0.810. The Balaban J connectivity index is 5.11. The van der Waals surface area contributed by atoms with Crippen LogP contribution >= 0.6 is 0 Å². The molecule has 0 spiro atoms. The van der Waals surface area contributed by atoms with Crippen LogP contribution in [-0.2, 0) is 14.3 Å². The van der Waals surface area contributed by atoms with Gasteiger partial charge in [0.1, 0.15) is 0 Å². The van der Waals surface area contributed by atoms with Gasteiger partial charge >= 0.3 is 12.1 Å². The molecule has 0 saturated heterocycles. The van der Waals surface area contributed by atoms with E-state index in [1.54, 1.807) is 0 Å². The molecule has 2 N–H and O–H groups in total. The summed E-state index contributed by atoms with van der Waals surface area (Å²) in [6.07, 6.45) is -5.99. The van der Waals surface area contributed by atoms with Gasteiger partial charge in [-0.25, -0.2) is 4.79 Å². The third-order valence-corrected chi connectivity index (χ3v) is 2.14. The minimum absolute atomic E-state index is 0.0231. The summed E-state index contributed by atoms with van der Waals surface area (Å²) in [4.78, 5) is 21.6. The molecule has 17 heavy (non-hydrogen) atoms. The lowest BCUT2D eigenvalue weighted by Crippen LogP contribution is -2.63. The van der Waals surface area contributed by atoms with Gasteiger partial charge in [-0.3, -0.25) is 4.79 Å². The fraction of sp³-hybridized carbons (Fsp3) is 0.778. The summed E-state index contributed by atoms with van der Waals surface area (Å²) in [5.41, 5.74) is -3.25. The summed E-state index contributed by atoms with van der Waals surface area (Å²) in [5, 5.41) is 10.2. The first-order chi connectivity index (χ1) is 7.67. The summed E-state index contributed by atoms with van der Waals surface area (Å²) in [7, 11) is 1.29. The van der Waals surface area contributed by atoms with Crippen LogP contribution in [0, 0.1) is 0 Å². The van der Waals surface area contributed by atoms with Crippen molar-refractivity contribution in [2.24, 2.45) is 0 Å². The van der Waals surface area contributed by atoms with Gasteiger partial charge in [-0.2, -0.15) is 13.2 Å². The number of ether oxygens (including phenoxy) is 1. The predicted octanol–water partition coefficient (Wildman–Crippen LogP) is 0.935. The molecule has 0 aliphatic carbocycles. The Morgan fingerprint density at radius 3 is 2.18 bits per heavy atom. The third-order valence-electron chi connectivity index (χ3n) is 2.14. The van der Waals surface area contributed by atoms with E-state index in [9.17, 15) is 22.8 Å². The molecule has 1 amide bonds. The Morgan fingerprint density at radius 1 is 1.35 bits per heavy atom. The molecule has 0 bridgehead atoms. The Hall–Kier alpha value is -1.31. The van der Waals surface area contributed by atoms with Crippen molar-refractivity contribution in [1.82, 2.24) is 5.32 Å². The highest BCUT2D eigenvalue weighted by molar-refractivity contribution is 5.86. The number of methoxy groups -OCH3 is 1. The number of carboxylic acids is 1.